The molecule has 4 rings (SSSR count). The minimum Gasteiger partial charge on any atom is -0.456 e. The molecular formula is C17H19N3O4S. The highest BCUT2D eigenvalue weighted by Crippen LogP contribution is 2.46. The number of esters is 1. The lowest BCUT2D eigenvalue weighted by Crippen LogP contribution is -2.67. The first-order valence-corrected chi connectivity index (χ1v) is 9.23. The summed E-state index contributed by atoms with van der Waals surface area (Å²) in [6.07, 6.45) is 0.303. The van der Waals surface area contributed by atoms with E-state index in [1.165, 1.54) is 11.3 Å². The Kier molecular flexibility index (Phi) is 3.79. The molecule has 8 heteroatoms. The molecule has 3 aliphatic rings. The molecule has 132 valence electrons. The Labute approximate surface area is 149 Å². The summed E-state index contributed by atoms with van der Waals surface area (Å²) in [5, 5.41) is 7.65. The summed E-state index contributed by atoms with van der Waals surface area (Å²) in [6, 6.07) is 1.59. The van der Waals surface area contributed by atoms with E-state index in [-0.39, 0.29) is 18.5 Å². The van der Waals surface area contributed by atoms with Gasteiger partial charge in [-0.05, 0) is 30.4 Å². The van der Waals surface area contributed by atoms with E-state index in [1.807, 2.05) is 25.3 Å². The molecule has 1 saturated heterocycles. The fourth-order valence-electron chi connectivity index (χ4n) is 3.91. The maximum Gasteiger partial charge on any atom is 0.336 e. The zero-order chi connectivity index (χ0) is 17.7. The van der Waals surface area contributed by atoms with E-state index >= 15 is 0 Å². The number of cyclic esters (lactones) is 1. The van der Waals surface area contributed by atoms with Crippen LogP contribution in [-0.2, 0) is 14.3 Å². The first-order valence-electron chi connectivity index (χ1n) is 8.35. The van der Waals surface area contributed by atoms with Crippen LogP contribution < -0.4 is 10.6 Å². The molecule has 25 heavy (non-hydrogen) atoms. The number of carbonyl (C=O) groups excluding carboxylic acids is 3. The number of nitrogens with zero attached hydrogens (tertiary/aromatic N) is 1. The zero-order valence-corrected chi connectivity index (χ0v) is 14.8. The van der Waals surface area contributed by atoms with E-state index in [9.17, 15) is 14.4 Å². The van der Waals surface area contributed by atoms with Gasteiger partial charge in [-0.3, -0.25) is 10.1 Å². The van der Waals surface area contributed by atoms with E-state index in [0.29, 0.717) is 17.8 Å². The van der Waals surface area contributed by atoms with Crippen molar-refractivity contribution in [3.63, 3.8) is 0 Å². The van der Waals surface area contributed by atoms with Crippen molar-refractivity contribution in [3.05, 3.63) is 33.2 Å². The van der Waals surface area contributed by atoms with Crippen molar-refractivity contribution in [3.8, 4) is 0 Å². The molecule has 3 amide bonds. The van der Waals surface area contributed by atoms with Crippen LogP contribution in [0.5, 0.6) is 0 Å². The summed E-state index contributed by atoms with van der Waals surface area (Å²) in [4.78, 5) is 40.0. The largest absolute Gasteiger partial charge is 0.456 e. The minimum absolute atomic E-state index is 0.161. The van der Waals surface area contributed by atoms with E-state index in [1.54, 1.807) is 4.90 Å². The second kappa shape index (κ2) is 5.87. The quantitative estimate of drug-likeness (QED) is 0.796. The molecule has 3 aliphatic heterocycles. The number of ether oxygens (including phenoxy) is 1. The first-order chi connectivity index (χ1) is 12.0. The van der Waals surface area contributed by atoms with Gasteiger partial charge in [0.2, 0.25) is 5.91 Å². The fourth-order valence-corrected chi connectivity index (χ4v) is 5.00. The molecule has 3 unspecified atom stereocenters. The maximum atomic E-state index is 12.7. The van der Waals surface area contributed by atoms with E-state index in [0.717, 1.165) is 16.9 Å². The van der Waals surface area contributed by atoms with E-state index < -0.39 is 24.0 Å². The summed E-state index contributed by atoms with van der Waals surface area (Å²) >= 11 is 1.53. The molecule has 0 radical (unpaired) electrons. The van der Waals surface area contributed by atoms with Crippen molar-refractivity contribution in [2.24, 2.45) is 5.92 Å². The van der Waals surface area contributed by atoms with Gasteiger partial charge in [0, 0.05) is 17.3 Å². The molecule has 0 spiro atoms. The molecule has 0 aliphatic carbocycles. The monoisotopic (exact) mass is 361 g/mol. The molecular weight excluding hydrogens is 342 g/mol. The maximum absolute atomic E-state index is 12.7. The molecule has 4 heterocycles. The van der Waals surface area contributed by atoms with Gasteiger partial charge in [0.15, 0.2) is 0 Å². The molecule has 1 aromatic rings. The molecule has 0 saturated carbocycles. The number of urea groups is 1. The van der Waals surface area contributed by atoms with Gasteiger partial charge in [0.1, 0.15) is 12.8 Å². The number of carbonyl (C=O) groups is 3. The highest BCUT2D eigenvalue weighted by Gasteiger charge is 2.53. The lowest BCUT2D eigenvalue weighted by atomic mass is 9.76. The van der Waals surface area contributed by atoms with Crippen molar-refractivity contribution >= 4 is 29.2 Å². The number of amides is 3. The van der Waals surface area contributed by atoms with Gasteiger partial charge < -0.3 is 15.0 Å². The van der Waals surface area contributed by atoms with Crippen LogP contribution in [0.25, 0.3) is 0 Å². The van der Waals surface area contributed by atoms with Crippen LogP contribution in [0.15, 0.2) is 22.7 Å². The standard InChI is InChI=1S/C17H19N3O4S/c1-3-5-20-14-12(15(21)19-17(20)23)11(13-8(2)4-6-25-13)10-9(18-14)7-24-16(10)22/h4,6,11-12,14,18H,3,5,7H2,1-2H3,(H,19,21,23). The Hall–Kier alpha value is -2.35. The molecule has 7 nitrogen and oxygen atoms in total. The molecule has 0 aromatic carbocycles. The second-order valence-corrected chi connectivity index (χ2v) is 7.46. The van der Waals surface area contributed by atoms with Crippen molar-refractivity contribution in [1.29, 1.82) is 0 Å². The molecule has 1 fully saturated rings. The zero-order valence-electron chi connectivity index (χ0n) is 14.0. The van der Waals surface area contributed by atoms with Gasteiger partial charge >= 0.3 is 12.0 Å². The second-order valence-electron chi connectivity index (χ2n) is 6.52. The number of hydrogen-bond acceptors (Lipinski definition) is 6. The molecule has 1 aromatic heterocycles. The molecule has 3 atom stereocenters. The van der Waals surface area contributed by atoms with Crippen LogP contribution >= 0.6 is 11.3 Å². The van der Waals surface area contributed by atoms with Crippen LogP contribution in [0, 0.1) is 12.8 Å². The van der Waals surface area contributed by atoms with Gasteiger partial charge in [0.25, 0.3) is 0 Å². The summed E-state index contributed by atoms with van der Waals surface area (Å²) in [6.45, 7) is 4.64. The highest BCUT2D eigenvalue weighted by atomic mass is 32.1. The number of hydrogen-bond donors (Lipinski definition) is 2. The summed E-state index contributed by atoms with van der Waals surface area (Å²) in [7, 11) is 0. The Morgan fingerprint density at radius 1 is 1.36 bits per heavy atom. The number of nitrogens with one attached hydrogen (secondary N) is 2. The van der Waals surface area contributed by atoms with Gasteiger partial charge in [0.05, 0.1) is 17.2 Å². The van der Waals surface area contributed by atoms with Crippen molar-refractivity contribution < 1.29 is 19.1 Å². The van der Waals surface area contributed by atoms with Crippen molar-refractivity contribution in [2.45, 2.75) is 32.4 Å². The number of thiophene rings is 1. The Bertz CT molecular complexity index is 800. The van der Waals surface area contributed by atoms with Gasteiger partial charge in [-0.25, -0.2) is 9.59 Å². The van der Waals surface area contributed by atoms with Crippen molar-refractivity contribution in [1.82, 2.24) is 15.5 Å². The topological polar surface area (TPSA) is 87.7 Å². The number of fused-ring (bicyclic) bond motifs is 1. The Balaban J connectivity index is 1.86. The number of rotatable bonds is 3. The van der Waals surface area contributed by atoms with E-state index in [2.05, 4.69) is 10.6 Å². The number of imide groups is 1. The third-order valence-electron chi connectivity index (χ3n) is 5.00. The van der Waals surface area contributed by atoms with Gasteiger partial charge in [-0.2, -0.15) is 0 Å². The van der Waals surface area contributed by atoms with Crippen LogP contribution in [-0.4, -0.2) is 42.1 Å². The van der Waals surface area contributed by atoms with E-state index in [4.69, 9.17) is 4.74 Å². The third kappa shape index (κ3) is 2.35. The molecule has 0 bridgehead atoms. The summed E-state index contributed by atoms with van der Waals surface area (Å²) in [5.41, 5.74) is 2.24. The van der Waals surface area contributed by atoms with Gasteiger partial charge in [-0.15, -0.1) is 11.3 Å². The van der Waals surface area contributed by atoms with Crippen LogP contribution in [0.2, 0.25) is 0 Å². The predicted octanol–water partition coefficient (Wildman–Crippen LogP) is 1.46. The normalized spacial score (nSPS) is 28.3. The Morgan fingerprint density at radius 2 is 2.16 bits per heavy atom. The van der Waals surface area contributed by atoms with Crippen LogP contribution in [0.1, 0.15) is 29.7 Å². The average Bonchev–Trinajstić information content (AvgIpc) is 3.16. The fraction of sp³-hybridized carbons (Fsp3) is 0.471. The first kappa shape index (κ1) is 16.1. The third-order valence-corrected chi connectivity index (χ3v) is 6.11. The molecule has 2 N–H and O–H groups in total. The Morgan fingerprint density at radius 3 is 2.84 bits per heavy atom. The predicted molar refractivity (Wildman–Crippen MR) is 90.7 cm³/mol. The smallest absolute Gasteiger partial charge is 0.336 e. The lowest BCUT2D eigenvalue weighted by molar-refractivity contribution is -0.136. The summed E-state index contributed by atoms with van der Waals surface area (Å²) < 4.78 is 5.23. The minimum atomic E-state index is -0.564. The van der Waals surface area contributed by atoms with Crippen LogP contribution in [0.3, 0.4) is 0 Å². The average molecular weight is 361 g/mol. The number of aryl methyl sites for hydroxylation is 1. The van der Waals surface area contributed by atoms with Gasteiger partial charge in [-0.1, -0.05) is 6.92 Å². The highest BCUT2D eigenvalue weighted by molar-refractivity contribution is 7.10. The SMILES string of the molecule is CCCN1C(=O)NC(=O)C2C(c3sccc3C)C3=C(COC3=O)NC21. The summed E-state index contributed by atoms with van der Waals surface area (Å²) in [5.74, 6) is -1.70. The lowest BCUT2D eigenvalue weighted by Gasteiger charge is -2.46. The van der Waals surface area contributed by atoms with Crippen molar-refractivity contribution in [2.75, 3.05) is 13.2 Å². The van der Waals surface area contributed by atoms with Crippen LogP contribution in [0.4, 0.5) is 4.79 Å².